The zero-order valence-corrected chi connectivity index (χ0v) is 9.26. The maximum Gasteiger partial charge on any atom is 0.416 e. The van der Waals surface area contributed by atoms with Gasteiger partial charge in [0.2, 0.25) is 0 Å². The molecule has 0 aliphatic heterocycles. The third-order valence-corrected chi connectivity index (χ3v) is 3.25. The Morgan fingerprint density at radius 1 is 1.00 bits per heavy atom. The zero-order chi connectivity index (χ0) is 12.5. The lowest BCUT2D eigenvalue weighted by atomic mass is 9.83. The number of halogens is 3. The molecule has 1 nitrogen and oxygen atoms in total. The van der Waals surface area contributed by atoms with Gasteiger partial charge >= 0.3 is 6.18 Å². The Morgan fingerprint density at radius 2 is 1.53 bits per heavy atom. The molecule has 0 atom stereocenters. The lowest BCUT2D eigenvalue weighted by Crippen LogP contribution is -2.12. The molecule has 1 aliphatic rings. The second-order valence-electron chi connectivity index (χ2n) is 4.43. The van der Waals surface area contributed by atoms with Crippen LogP contribution in [0.3, 0.4) is 0 Å². The highest BCUT2D eigenvalue weighted by Crippen LogP contribution is 2.34. The van der Waals surface area contributed by atoms with Gasteiger partial charge in [0.1, 0.15) is 5.78 Å². The first-order valence-electron chi connectivity index (χ1n) is 5.65. The number of rotatable bonds is 1. The van der Waals surface area contributed by atoms with E-state index in [9.17, 15) is 18.0 Å². The van der Waals surface area contributed by atoms with Crippen molar-refractivity contribution in [1.82, 2.24) is 0 Å². The Kier molecular flexibility index (Phi) is 3.22. The molecule has 2 rings (SSSR count). The molecule has 1 aromatic rings. The predicted octanol–water partition coefficient (Wildman–Crippen LogP) is 3.93. The van der Waals surface area contributed by atoms with Crippen molar-refractivity contribution in [3.05, 3.63) is 35.4 Å². The number of alkyl halides is 3. The predicted molar refractivity (Wildman–Crippen MR) is 57.7 cm³/mol. The van der Waals surface area contributed by atoms with Crippen LogP contribution < -0.4 is 0 Å². The summed E-state index contributed by atoms with van der Waals surface area (Å²) in [5.74, 6) is 0.489. The van der Waals surface area contributed by atoms with Crippen molar-refractivity contribution in [2.24, 2.45) is 0 Å². The molecule has 1 aromatic carbocycles. The van der Waals surface area contributed by atoms with E-state index in [0.717, 1.165) is 30.5 Å². The van der Waals surface area contributed by atoms with Gasteiger partial charge in [-0.1, -0.05) is 12.1 Å². The summed E-state index contributed by atoms with van der Waals surface area (Å²) in [5, 5.41) is 0. The summed E-state index contributed by atoms with van der Waals surface area (Å²) in [6.07, 6.45) is -1.67. The van der Waals surface area contributed by atoms with Crippen LogP contribution >= 0.6 is 0 Å². The van der Waals surface area contributed by atoms with Crippen molar-refractivity contribution in [2.45, 2.75) is 37.8 Å². The molecular weight excluding hydrogens is 229 g/mol. The summed E-state index contributed by atoms with van der Waals surface area (Å²) in [6.45, 7) is 0. The van der Waals surface area contributed by atoms with E-state index >= 15 is 0 Å². The van der Waals surface area contributed by atoms with Crippen LogP contribution in [0.4, 0.5) is 13.2 Å². The van der Waals surface area contributed by atoms with Gasteiger partial charge in [0.25, 0.3) is 0 Å². The Morgan fingerprint density at radius 3 is 2.00 bits per heavy atom. The summed E-state index contributed by atoms with van der Waals surface area (Å²) < 4.78 is 37.1. The fourth-order valence-corrected chi connectivity index (χ4v) is 2.22. The minimum atomic E-state index is -4.28. The van der Waals surface area contributed by atoms with Crippen molar-refractivity contribution in [3.63, 3.8) is 0 Å². The van der Waals surface area contributed by atoms with Gasteiger partial charge in [0, 0.05) is 12.8 Å². The van der Waals surface area contributed by atoms with Gasteiger partial charge in [0.05, 0.1) is 5.56 Å². The second kappa shape index (κ2) is 4.51. The molecule has 0 unspecified atom stereocenters. The minimum absolute atomic E-state index is 0.231. The van der Waals surface area contributed by atoms with Gasteiger partial charge in [-0.05, 0) is 36.5 Å². The summed E-state index contributed by atoms with van der Waals surface area (Å²) in [4.78, 5) is 11.1. The molecule has 0 spiro atoms. The molecule has 1 fully saturated rings. The first kappa shape index (κ1) is 12.1. The smallest absolute Gasteiger partial charge is 0.300 e. The van der Waals surface area contributed by atoms with Crippen LogP contribution in [0, 0.1) is 0 Å². The fourth-order valence-electron chi connectivity index (χ4n) is 2.22. The van der Waals surface area contributed by atoms with Crippen molar-refractivity contribution in [3.8, 4) is 0 Å². The van der Waals surface area contributed by atoms with Crippen LogP contribution in [0.1, 0.15) is 42.7 Å². The molecular formula is C13H13F3O. The van der Waals surface area contributed by atoms with Gasteiger partial charge in [-0.3, -0.25) is 4.79 Å². The summed E-state index contributed by atoms with van der Waals surface area (Å²) in [7, 11) is 0. The Balaban J connectivity index is 2.10. The SMILES string of the molecule is O=C1CCC(c2ccc(C(F)(F)F)cc2)CC1. The second-order valence-corrected chi connectivity index (χ2v) is 4.43. The monoisotopic (exact) mass is 242 g/mol. The number of carbonyl (C=O) groups is 1. The minimum Gasteiger partial charge on any atom is -0.300 e. The number of carbonyl (C=O) groups excluding carboxylic acids is 1. The van der Waals surface area contributed by atoms with Crippen molar-refractivity contribution in [2.75, 3.05) is 0 Å². The Hall–Kier alpha value is -1.32. The highest BCUT2D eigenvalue weighted by atomic mass is 19.4. The molecule has 1 saturated carbocycles. The van der Waals surface area contributed by atoms with E-state index in [4.69, 9.17) is 0 Å². The van der Waals surface area contributed by atoms with Crippen LogP contribution in [0.5, 0.6) is 0 Å². The van der Waals surface area contributed by atoms with Crippen molar-refractivity contribution >= 4 is 5.78 Å². The summed E-state index contributed by atoms with van der Waals surface area (Å²) in [6, 6.07) is 5.30. The molecule has 0 saturated heterocycles. The lowest BCUT2D eigenvalue weighted by Gasteiger charge is -2.21. The van der Waals surface area contributed by atoms with E-state index in [2.05, 4.69) is 0 Å². The molecule has 0 radical (unpaired) electrons. The van der Waals surface area contributed by atoms with Crippen LogP contribution in [0.15, 0.2) is 24.3 Å². The average Bonchev–Trinajstić information content (AvgIpc) is 2.29. The van der Waals surface area contributed by atoms with Gasteiger partial charge in [-0.15, -0.1) is 0 Å². The fraction of sp³-hybridized carbons (Fsp3) is 0.462. The van der Waals surface area contributed by atoms with E-state index in [1.165, 1.54) is 12.1 Å². The van der Waals surface area contributed by atoms with Crippen LogP contribution in [0.25, 0.3) is 0 Å². The highest BCUT2D eigenvalue weighted by molar-refractivity contribution is 5.79. The van der Waals surface area contributed by atoms with E-state index in [-0.39, 0.29) is 11.7 Å². The van der Waals surface area contributed by atoms with E-state index < -0.39 is 11.7 Å². The number of Topliss-reactive ketones (excluding diaryl/α,β-unsaturated/α-hetero) is 1. The third-order valence-electron chi connectivity index (χ3n) is 3.25. The molecule has 4 heteroatoms. The first-order chi connectivity index (χ1) is 7.97. The summed E-state index contributed by atoms with van der Waals surface area (Å²) >= 11 is 0. The number of hydrogen-bond acceptors (Lipinski definition) is 1. The van der Waals surface area contributed by atoms with Gasteiger partial charge in [-0.2, -0.15) is 13.2 Å². The van der Waals surface area contributed by atoms with Crippen LogP contribution in [0.2, 0.25) is 0 Å². The maximum atomic E-state index is 12.4. The molecule has 92 valence electrons. The normalized spacial score (nSPS) is 18.4. The Labute approximate surface area is 97.6 Å². The maximum absolute atomic E-state index is 12.4. The van der Waals surface area contributed by atoms with Gasteiger partial charge in [0.15, 0.2) is 0 Å². The van der Waals surface area contributed by atoms with Crippen LogP contribution in [-0.2, 0) is 11.0 Å². The third kappa shape index (κ3) is 2.87. The van der Waals surface area contributed by atoms with Gasteiger partial charge in [-0.25, -0.2) is 0 Å². The molecule has 0 N–H and O–H groups in total. The number of benzene rings is 1. The first-order valence-corrected chi connectivity index (χ1v) is 5.65. The van der Waals surface area contributed by atoms with Crippen molar-refractivity contribution < 1.29 is 18.0 Å². The average molecular weight is 242 g/mol. The molecule has 0 amide bonds. The number of hydrogen-bond donors (Lipinski definition) is 0. The Bertz CT molecular complexity index is 396. The van der Waals surface area contributed by atoms with Crippen LogP contribution in [-0.4, -0.2) is 5.78 Å². The zero-order valence-electron chi connectivity index (χ0n) is 9.26. The topological polar surface area (TPSA) is 17.1 Å². The molecule has 0 bridgehead atoms. The largest absolute Gasteiger partial charge is 0.416 e. The lowest BCUT2D eigenvalue weighted by molar-refractivity contribution is -0.137. The van der Waals surface area contributed by atoms with E-state index in [0.29, 0.717) is 12.8 Å². The molecule has 1 aliphatic carbocycles. The van der Waals surface area contributed by atoms with E-state index in [1.54, 1.807) is 0 Å². The molecule has 0 aromatic heterocycles. The highest BCUT2D eigenvalue weighted by Gasteiger charge is 2.30. The molecule has 17 heavy (non-hydrogen) atoms. The van der Waals surface area contributed by atoms with Crippen molar-refractivity contribution in [1.29, 1.82) is 0 Å². The standard InChI is InChI=1S/C13H13F3O/c14-13(15,16)11-5-1-9(2-6-11)10-3-7-12(17)8-4-10/h1-2,5-6,10H,3-4,7-8H2. The van der Waals surface area contributed by atoms with E-state index in [1.807, 2.05) is 0 Å². The quantitative estimate of drug-likeness (QED) is 0.729. The number of ketones is 1. The van der Waals surface area contributed by atoms with Gasteiger partial charge < -0.3 is 0 Å². The summed E-state index contributed by atoms with van der Waals surface area (Å²) in [5.41, 5.74) is 0.290. The molecule has 0 heterocycles.